The fraction of sp³-hybridized carbons (Fsp3) is 0.875. The molecular formula is C16H28N2O2. The standard InChI is InChI=1S/C16H28N2O2/c1-11(2)12-7-6-8-16(19,9-12)10-13-17-14(18-20-13)15(3,4)5/h11-12,19H,6-10H2,1-5H3. The van der Waals surface area contributed by atoms with E-state index in [4.69, 9.17) is 4.52 Å². The molecule has 0 radical (unpaired) electrons. The van der Waals surface area contributed by atoms with Crippen LogP contribution in [0.3, 0.4) is 0 Å². The number of aromatic nitrogens is 2. The highest BCUT2D eigenvalue weighted by Crippen LogP contribution is 2.38. The van der Waals surface area contributed by atoms with Crippen molar-refractivity contribution in [1.82, 2.24) is 10.1 Å². The maximum Gasteiger partial charge on any atom is 0.229 e. The van der Waals surface area contributed by atoms with E-state index in [1.54, 1.807) is 0 Å². The quantitative estimate of drug-likeness (QED) is 0.920. The molecule has 114 valence electrons. The van der Waals surface area contributed by atoms with Crippen molar-refractivity contribution in [2.45, 2.75) is 77.7 Å². The lowest BCUT2D eigenvalue weighted by atomic mass is 9.72. The van der Waals surface area contributed by atoms with E-state index in [1.165, 1.54) is 6.42 Å². The predicted octanol–water partition coefficient (Wildman–Crippen LogP) is 3.49. The van der Waals surface area contributed by atoms with Gasteiger partial charge in [0.2, 0.25) is 5.89 Å². The van der Waals surface area contributed by atoms with Crippen molar-refractivity contribution in [2.24, 2.45) is 11.8 Å². The Bertz CT molecular complexity index is 448. The molecule has 2 rings (SSSR count). The zero-order chi connectivity index (χ0) is 15.0. The van der Waals surface area contributed by atoms with E-state index in [1.807, 2.05) is 0 Å². The molecule has 4 heteroatoms. The second kappa shape index (κ2) is 5.47. The van der Waals surface area contributed by atoms with E-state index >= 15 is 0 Å². The lowest BCUT2D eigenvalue weighted by molar-refractivity contribution is -0.0291. The molecule has 4 nitrogen and oxygen atoms in total. The number of nitrogens with zero attached hydrogens (tertiary/aromatic N) is 2. The van der Waals surface area contributed by atoms with Crippen LogP contribution >= 0.6 is 0 Å². The average molecular weight is 280 g/mol. The van der Waals surface area contributed by atoms with E-state index in [-0.39, 0.29) is 5.41 Å². The summed E-state index contributed by atoms with van der Waals surface area (Å²) in [6, 6.07) is 0. The van der Waals surface area contributed by atoms with E-state index in [9.17, 15) is 5.11 Å². The van der Waals surface area contributed by atoms with E-state index in [0.29, 0.717) is 30.0 Å². The molecule has 20 heavy (non-hydrogen) atoms. The highest BCUT2D eigenvalue weighted by Gasteiger charge is 2.37. The van der Waals surface area contributed by atoms with Gasteiger partial charge < -0.3 is 9.63 Å². The molecule has 0 aliphatic heterocycles. The molecule has 0 aromatic carbocycles. The maximum atomic E-state index is 10.8. The van der Waals surface area contributed by atoms with Gasteiger partial charge in [0.05, 0.1) is 12.0 Å². The first-order valence-corrected chi connectivity index (χ1v) is 7.75. The molecule has 1 N–H and O–H groups in total. The van der Waals surface area contributed by atoms with Crippen LogP contribution in [-0.2, 0) is 11.8 Å². The Morgan fingerprint density at radius 1 is 1.40 bits per heavy atom. The van der Waals surface area contributed by atoms with Crippen molar-refractivity contribution < 1.29 is 9.63 Å². The molecule has 0 amide bonds. The summed E-state index contributed by atoms with van der Waals surface area (Å²) in [6.45, 7) is 10.7. The molecule has 2 unspecified atom stereocenters. The summed E-state index contributed by atoms with van der Waals surface area (Å²) in [7, 11) is 0. The normalized spacial score (nSPS) is 28.1. The number of aliphatic hydroxyl groups is 1. The SMILES string of the molecule is CC(C)C1CCCC(O)(Cc2nc(C(C)(C)C)no2)C1. The van der Waals surface area contributed by atoms with Gasteiger partial charge in [0.25, 0.3) is 0 Å². The van der Waals surface area contributed by atoms with Gasteiger partial charge in [0.1, 0.15) is 0 Å². The maximum absolute atomic E-state index is 10.8. The molecule has 1 fully saturated rings. The topological polar surface area (TPSA) is 59.2 Å². The summed E-state index contributed by atoms with van der Waals surface area (Å²) >= 11 is 0. The molecule has 0 bridgehead atoms. The lowest BCUT2D eigenvalue weighted by Gasteiger charge is -2.37. The highest BCUT2D eigenvalue weighted by atomic mass is 16.5. The van der Waals surface area contributed by atoms with E-state index in [2.05, 4.69) is 44.8 Å². The van der Waals surface area contributed by atoms with Crippen LogP contribution in [0.4, 0.5) is 0 Å². The third kappa shape index (κ3) is 3.60. The van der Waals surface area contributed by atoms with Gasteiger partial charge in [0.15, 0.2) is 5.82 Å². The lowest BCUT2D eigenvalue weighted by Crippen LogP contribution is -2.38. The van der Waals surface area contributed by atoms with Crippen LogP contribution in [-0.4, -0.2) is 20.8 Å². The fourth-order valence-corrected chi connectivity index (χ4v) is 3.03. The third-order valence-corrected chi connectivity index (χ3v) is 4.42. The van der Waals surface area contributed by atoms with Gasteiger partial charge in [0, 0.05) is 5.41 Å². The number of hydrogen-bond donors (Lipinski definition) is 1. The van der Waals surface area contributed by atoms with Crippen LogP contribution in [0.15, 0.2) is 4.52 Å². The van der Waals surface area contributed by atoms with Gasteiger partial charge in [-0.15, -0.1) is 0 Å². The summed E-state index contributed by atoms with van der Waals surface area (Å²) < 4.78 is 5.33. The van der Waals surface area contributed by atoms with Gasteiger partial charge >= 0.3 is 0 Å². The van der Waals surface area contributed by atoms with Crippen LogP contribution in [0, 0.1) is 11.8 Å². The first-order valence-electron chi connectivity index (χ1n) is 7.75. The minimum Gasteiger partial charge on any atom is -0.389 e. The monoisotopic (exact) mass is 280 g/mol. The van der Waals surface area contributed by atoms with Gasteiger partial charge in [-0.3, -0.25) is 0 Å². The van der Waals surface area contributed by atoms with Crippen LogP contribution in [0.2, 0.25) is 0 Å². The van der Waals surface area contributed by atoms with Crippen molar-refractivity contribution in [3.63, 3.8) is 0 Å². The molecule has 0 spiro atoms. The summed E-state index contributed by atoms with van der Waals surface area (Å²) in [5.41, 5.74) is -0.785. The molecule has 1 saturated carbocycles. The molecule has 1 aliphatic carbocycles. The third-order valence-electron chi connectivity index (χ3n) is 4.42. The molecular weight excluding hydrogens is 252 g/mol. The molecule has 1 aromatic rings. The van der Waals surface area contributed by atoms with Crippen molar-refractivity contribution >= 4 is 0 Å². The predicted molar refractivity (Wildman–Crippen MR) is 78.4 cm³/mol. The number of rotatable bonds is 3. The Labute approximate surface area is 122 Å². The van der Waals surface area contributed by atoms with Crippen LogP contribution < -0.4 is 0 Å². The Balaban J connectivity index is 2.06. The van der Waals surface area contributed by atoms with Crippen molar-refractivity contribution in [2.75, 3.05) is 0 Å². The van der Waals surface area contributed by atoms with Crippen LogP contribution in [0.5, 0.6) is 0 Å². The highest BCUT2D eigenvalue weighted by molar-refractivity contribution is 5.02. The minimum absolute atomic E-state index is 0.114. The Morgan fingerprint density at radius 3 is 2.65 bits per heavy atom. The largest absolute Gasteiger partial charge is 0.389 e. The van der Waals surface area contributed by atoms with Crippen molar-refractivity contribution in [3.05, 3.63) is 11.7 Å². The zero-order valence-electron chi connectivity index (χ0n) is 13.4. The molecule has 0 saturated heterocycles. The van der Waals surface area contributed by atoms with Crippen molar-refractivity contribution in [3.8, 4) is 0 Å². The zero-order valence-corrected chi connectivity index (χ0v) is 13.4. The Hall–Kier alpha value is -0.900. The second-order valence-electron chi connectivity index (χ2n) is 7.76. The van der Waals surface area contributed by atoms with Crippen LogP contribution in [0.25, 0.3) is 0 Å². The molecule has 1 aromatic heterocycles. The summed E-state index contributed by atoms with van der Waals surface area (Å²) in [5, 5.41) is 14.9. The van der Waals surface area contributed by atoms with Gasteiger partial charge in [-0.1, -0.05) is 46.2 Å². The average Bonchev–Trinajstić information content (AvgIpc) is 2.76. The summed E-state index contributed by atoms with van der Waals surface area (Å²) in [5.74, 6) is 2.50. The Kier molecular flexibility index (Phi) is 4.24. The molecule has 1 heterocycles. The summed E-state index contributed by atoms with van der Waals surface area (Å²) in [4.78, 5) is 4.45. The minimum atomic E-state index is -0.672. The molecule has 1 aliphatic rings. The fourth-order valence-electron chi connectivity index (χ4n) is 3.03. The Morgan fingerprint density at radius 2 is 2.10 bits per heavy atom. The first kappa shape index (κ1) is 15.5. The first-order chi connectivity index (χ1) is 9.20. The smallest absolute Gasteiger partial charge is 0.229 e. The molecule has 2 atom stereocenters. The van der Waals surface area contributed by atoms with Gasteiger partial charge in [-0.2, -0.15) is 4.98 Å². The van der Waals surface area contributed by atoms with Gasteiger partial charge in [-0.25, -0.2) is 0 Å². The van der Waals surface area contributed by atoms with E-state index in [0.717, 1.165) is 19.3 Å². The van der Waals surface area contributed by atoms with Gasteiger partial charge in [-0.05, 0) is 31.1 Å². The summed E-state index contributed by atoms with van der Waals surface area (Å²) in [6.07, 6.45) is 4.47. The van der Waals surface area contributed by atoms with Crippen molar-refractivity contribution in [1.29, 1.82) is 0 Å². The number of hydrogen-bond acceptors (Lipinski definition) is 4. The second-order valence-corrected chi connectivity index (χ2v) is 7.76. The van der Waals surface area contributed by atoms with Crippen LogP contribution in [0.1, 0.15) is 72.0 Å². The van der Waals surface area contributed by atoms with E-state index < -0.39 is 5.60 Å².